The van der Waals surface area contributed by atoms with E-state index in [-0.39, 0.29) is 11.9 Å². The number of amides is 1. The lowest BCUT2D eigenvalue weighted by Crippen LogP contribution is -2.51. The molecular formula is C11H14ClN3O2. The van der Waals surface area contributed by atoms with Crippen LogP contribution in [0.5, 0.6) is 0 Å². The summed E-state index contributed by atoms with van der Waals surface area (Å²) in [5, 5.41) is 0.638. The number of hydrogen-bond donors (Lipinski definition) is 1. The molecule has 6 heteroatoms. The number of rotatable bonds is 3. The minimum atomic E-state index is -0.385. The van der Waals surface area contributed by atoms with Crippen molar-refractivity contribution in [3.63, 3.8) is 0 Å². The Bertz CT molecular complexity index is 413. The summed E-state index contributed by atoms with van der Waals surface area (Å²) in [6, 6.07) is 3.12. The highest BCUT2D eigenvalue weighted by Crippen LogP contribution is 2.13. The molecule has 1 saturated heterocycles. The summed E-state index contributed by atoms with van der Waals surface area (Å²) >= 11 is 5.89. The van der Waals surface area contributed by atoms with Gasteiger partial charge in [0.2, 0.25) is 5.91 Å². The van der Waals surface area contributed by atoms with Gasteiger partial charge < -0.3 is 10.5 Å². The summed E-state index contributed by atoms with van der Waals surface area (Å²) in [6.07, 6.45) is 1.65. The molecule has 0 spiro atoms. The molecule has 92 valence electrons. The molecule has 2 N–H and O–H groups in total. The van der Waals surface area contributed by atoms with E-state index in [0.717, 1.165) is 5.69 Å². The average Bonchev–Trinajstić information content (AvgIpc) is 2.29. The highest BCUT2D eigenvalue weighted by Gasteiger charge is 2.27. The SMILES string of the molecule is NC(=O)C1COCCN1Cc1cc(Cl)ccn1. The maximum absolute atomic E-state index is 11.3. The molecule has 1 fully saturated rings. The van der Waals surface area contributed by atoms with Gasteiger partial charge in [0.1, 0.15) is 6.04 Å². The van der Waals surface area contributed by atoms with Crippen molar-refractivity contribution in [1.29, 1.82) is 0 Å². The van der Waals surface area contributed by atoms with Crippen LogP contribution in [0.15, 0.2) is 18.3 Å². The van der Waals surface area contributed by atoms with E-state index in [0.29, 0.717) is 31.3 Å². The van der Waals surface area contributed by atoms with Gasteiger partial charge >= 0.3 is 0 Å². The topological polar surface area (TPSA) is 68.5 Å². The molecule has 1 aromatic heterocycles. The summed E-state index contributed by atoms with van der Waals surface area (Å²) in [5.74, 6) is -0.369. The van der Waals surface area contributed by atoms with Crippen LogP contribution in [0.4, 0.5) is 0 Å². The lowest BCUT2D eigenvalue weighted by atomic mass is 10.2. The van der Waals surface area contributed by atoms with Gasteiger partial charge in [0.05, 0.1) is 18.9 Å². The molecule has 0 radical (unpaired) electrons. The summed E-state index contributed by atoms with van der Waals surface area (Å²) < 4.78 is 5.25. The fraction of sp³-hybridized carbons (Fsp3) is 0.455. The van der Waals surface area contributed by atoms with Gasteiger partial charge in [-0.3, -0.25) is 14.7 Å². The summed E-state index contributed by atoms with van der Waals surface area (Å²) in [4.78, 5) is 17.4. The largest absolute Gasteiger partial charge is 0.378 e. The number of pyridine rings is 1. The number of nitrogens with two attached hydrogens (primary N) is 1. The molecular weight excluding hydrogens is 242 g/mol. The molecule has 0 bridgehead atoms. The van der Waals surface area contributed by atoms with Crippen molar-refractivity contribution >= 4 is 17.5 Å². The Kier molecular flexibility index (Phi) is 3.93. The zero-order valence-corrected chi connectivity index (χ0v) is 10.1. The maximum Gasteiger partial charge on any atom is 0.237 e. The van der Waals surface area contributed by atoms with Gasteiger partial charge in [-0.2, -0.15) is 0 Å². The van der Waals surface area contributed by atoms with Crippen molar-refractivity contribution in [2.45, 2.75) is 12.6 Å². The van der Waals surface area contributed by atoms with Gasteiger partial charge in [-0.05, 0) is 12.1 Å². The third kappa shape index (κ3) is 3.15. The fourth-order valence-electron chi connectivity index (χ4n) is 1.83. The molecule has 1 amide bonds. The Morgan fingerprint density at radius 2 is 2.53 bits per heavy atom. The molecule has 2 heterocycles. The average molecular weight is 256 g/mol. The molecule has 0 aliphatic carbocycles. The fourth-order valence-corrected chi connectivity index (χ4v) is 2.01. The molecule has 2 rings (SSSR count). The van der Waals surface area contributed by atoms with Crippen LogP contribution in [0, 0.1) is 0 Å². The van der Waals surface area contributed by atoms with Crippen molar-refractivity contribution in [3.8, 4) is 0 Å². The number of ether oxygens (including phenoxy) is 1. The van der Waals surface area contributed by atoms with E-state index < -0.39 is 0 Å². The van der Waals surface area contributed by atoms with E-state index in [1.54, 1.807) is 18.3 Å². The van der Waals surface area contributed by atoms with Crippen LogP contribution in [0.2, 0.25) is 5.02 Å². The van der Waals surface area contributed by atoms with Gasteiger partial charge in [-0.25, -0.2) is 0 Å². The van der Waals surface area contributed by atoms with Gasteiger partial charge in [0.25, 0.3) is 0 Å². The smallest absolute Gasteiger partial charge is 0.237 e. The van der Waals surface area contributed by atoms with Gasteiger partial charge in [-0.1, -0.05) is 11.6 Å². The summed E-state index contributed by atoms with van der Waals surface area (Å²) in [5.41, 5.74) is 6.16. The van der Waals surface area contributed by atoms with Gasteiger partial charge in [-0.15, -0.1) is 0 Å². The number of carbonyl (C=O) groups is 1. The van der Waals surface area contributed by atoms with E-state index >= 15 is 0 Å². The zero-order valence-electron chi connectivity index (χ0n) is 9.30. The Balaban J connectivity index is 2.08. The van der Waals surface area contributed by atoms with E-state index in [9.17, 15) is 4.79 Å². The minimum absolute atomic E-state index is 0.343. The molecule has 0 saturated carbocycles. The number of carbonyl (C=O) groups excluding carboxylic acids is 1. The Labute approximate surface area is 105 Å². The molecule has 1 aliphatic heterocycles. The summed E-state index contributed by atoms with van der Waals surface area (Å²) in [6.45, 7) is 2.17. The maximum atomic E-state index is 11.3. The van der Waals surface area contributed by atoms with Crippen LogP contribution in [-0.2, 0) is 16.1 Å². The summed E-state index contributed by atoms with van der Waals surface area (Å²) in [7, 11) is 0. The van der Waals surface area contributed by atoms with Crippen LogP contribution in [0.25, 0.3) is 0 Å². The third-order valence-electron chi connectivity index (χ3n) is 2.71. The van der Waals surface area contributed by atoms with E-state index in [1.165, 1.54) is 0 Å². The van der Waals surface area contributed by atoms with Crippen molar-refractivity contribution in [2.75, 3.05) is 19.8 Å². The third-order valence-corrected chi connectivity index (χ3v) is 2.95. The number of nitrogens with zero attached hydrogens (tertiary/aromatic N) is 2. The van der Waals surface area contributed by atoms with Crippen LogP contribution in [0.1, 0.15) is 5.69 Å². The molecule has 1 atom stereocenters. The monoisotopic (exact) mass is 255 g/mol. The van der Waals surface area contributed by atoms with E-state index in [2.05, 4.69) is 4.98 Å². The van der Waals surface area contributed by atoms with Crippen molar-refractivity contribution in [1.82, 2.24) is 9.88 Å². The van der Waals surface area contributed by atoms with Crippen molar-refractivity contribution in [3.05, 3.63) is 29.0 Å². The first kappa shape index (κ1) is 12.3. The second kappa shape index (κ2) is 5.44. The Hall–Kier alpha value is -1.17. The molecule has 1 unspecified atom stereocenters. The molecule has 5 nitrogen and oxygen atoms in total. The van der Waals surface area contributed by atoms with Crippen LogP contribution < -0.4 is 5.73 Å². The highest BCUT2D eigenvalue weighted by atomic mass is 35.5. The minimum Gasteiger partial charge on any atom is -0.378 e. The van der Waals surface area contributed by atoms with Crippen LogP contribution >= 0.6 is 11.6 Å². The number of hydrogen-bond acceptors (Lipinski definition) is 4. The van der Waals surface area contributed by atoms with Crippen LogP contribution in [0.3, 0.4) is 0 Å². The lowest BCUT2D eigenvalue weighted by molar-refractivity contribution is -0.129. The van der Waals surface area contributed by atoms with Crippen molar-refractivity contribution in [2.24, 2.45) is 5.73 Å². The van der Waals surface area contributed by atoms with Gasteiger partial charge in [0, 0.05) is 24.3 Å². The standard InChI is InChI=1S/C11H14ClN3O2/c12-8-1-2-14-9(5-8)6-15-3-4-17-7-10(15)11(13)16/h1-2,5,10H,3-4,6-7H2,(H2,13,16). The van der Waals surface area contributed by atoms with Gasteiger partial charge in [0.15, 0.2) is 0 Å². The molecule has 17 heavy (non-hydrogen) atoms. The number of aromatic nitrogens is 1. The molecule has 1 aliphatic rings. The predicted molar refractivity (Wildman–Crippen MR) is 63.5 cm³/mol. The highest BCUT2D eigenvalue weighted by molar-refractivity contribution is 6.30. The predicted octanol–water partition coefficient (Wildman–Crippen LogP) is 0.421. The first-order valence-corrected chi connectivity index (χ1v) is 5.76. The second-order valence-electron chi connectivity index (χ2n) is 3.93. The normalized spacial score (nSPS) is 21.4. The zero-order chi connectivity index (χ0) is 12.3. The number of primary amides is 1. The first-order valence-electron chi connectivity index (χ1n) is 5.38. The van der Waals surface area contributed by atoms with E-state index in [1.807, 2.05) is 4.90 Å². The number of halogens is 1. The van der Waals surface area contributed by atoms with Crippen molar-refractivity contribution < 1.29 is 9.53 Å². The lowest BCUT2D eigenvalue weighted by Gasteiger charge is -2.33. The molecule has 0 aromatic carbocycles. The second-order valence-corrected chi connectivity index (χ2v) is 4.37. The Morgan fingerprint density at radius 1 is 1.71 bits per heavy atom. The van der Waals surface area contributed by atoms with Crippen LogP contribution in [-0.4, -0.2) is 41.6 Å². The number of morpholine rings is 1. The Morgan fingerprint density at radius 3 is 3.24 bits per heavy atom. The quantitative estimate of drug-likeness (QED) is 0.850. The first-order chi connectivity index (χ1) is 8.16. The molecule has 1 aromatic rings. The van der Waals surface area contributed by atoms with E-state index in [4.69, 9.17) is 22.1 Å².